The molecule has 0 saturated heterocycles. The first kappa shape index (κ1) is 36.1. The number of allylic oxidation sites excluding steroid dienone is 2. The maximum atomic E-state index is 12.9. The number of nitrogens with one attached hydrogen (secondary N) is 1. The van der Waals surface area contributed by atoms with Crippen LogP contribution in [0.25, 0.3) is 0 Å². The summed E-state index contributed by atoms with van der Waals surface area (Å²) >= 11 is 0. The molecule has 1 aliphatic rings. The Morgan fingerprint density at radius 1 is 0.854 bits per heavy atom. The molecule has 1 atom stereocenters. The normalized spacial score (nSPS) is 14.6. The molecule has 230 valence electrons. The van der Waals surface area contributed by atoms with Gasteiger partial charge in [0.25, 0.3) is 6.47 Å². The van der Waals surface area contributed by atoms with Crippen LogP contribution in [0.3, 0.4) is 0 Å². The van der Waals surface area contributed by atoms with Gasteiger partial charge >= 0.3 is 5.97 Å². The third kappa shape index (κ3) is 12.7. The molecule has 2 rings (SSSR count). The first-order valence-electron chi connectivity index (χ1n) is 15.7. The maximum Gasteiger partial charge on any atom is 0.336 e. The molecule has 6 heteroatoms. The largest absolute Gasteiger partial charge is 0.466 e. The van der Waals surface area contributed by atoms with E-state index in [0.717, 1.165) is 47.2 Å². The Morgan fingerprint density at radius 3 is 1.90 bits per heavy atom. The number of carbonyl (C=O) groups excluding carboxylic acids is 3. The molecule has 0 spiro atoms. The second kappa shape index (κ2) is 21.8. The van der Waals surface area contributed by atoms with Crippen LogP contribution < -0.4 is 5.32 Å². The lowest BCUT2D eigenvalue weighted by molar-refractivity contribution is -0.136. The van der Waals surface area contributed by atoms with Crippen LogP contribution >= 0.6 is 0 Å². The van der Waals surface area contributed by atoms with Crippen molar-refractivity contribution in [3.8, 4) is 0 Å². The molecule has 1 N–H and O–H groups in total. The molecular formula is C35H55NO5. The number of aryl methyl sites for hydroxylation is 2. The fraction of sp³-hybridized carbons (Fsp3) is 0.629. The molecule has 0 saturated carbocycles. The van der Waals surface area contributed by atoms with Crippen LogP contribution in [0.5, 0.6) is 0 Å². The fourth-order valence-corrected chi connectivity index (χ4v) is 5.76. The molecule has 1 heterocycles. The number of hydrogen-bond acceptors (Lipinski definition) is 6. The lowest BCUT2D eigenvalue weighted by Crippen LogP contribution is -2.31. The minimum Gasteiger partial charge on any atom is -0.466 e. The maximum absolute atomic E-state index is 12.9. The molecule has 0 amide bonds. The number of aldehydes is 1. The van der Waals surface area contributed by atoms with Crippen molar-refractivity contribution in [3.63, 3.8) is 0 Å². The number of methoxy groups -OCH3 is 1. The lowest BCUT2D eigenvalue weighted by Gasteiger charge is -2.33. The van der Waals surface area contributed by atoms with E-state index in [1.165, 1.54) is 96.6 Å². The Bertz CT molecular complexity index is 994. The number of hydrogen-bond donors (Lipinski definition) is 1. The van der Waals surface area contributed by atoms with E-state index in [2.05, 4.69) is 37.4 Å². The van der Waals surface area contributed by atoms with E-state index in [-0.39, 0.29) is 18.5 Å². The summed E-state index contributed by atoms with van der Waals surface area (Å²) in [6.07, 6.45) is 19.0. The summed E-state index contributed by atoms with van der Waals surface area (Å²) in [5, 5.41) is 3.30. The number of dihydropyridines is 1. The Kier molecular flexibility index (Phi) is 19.2. The second-order valence-electron chi connectivity index (χ2n) is 11.0. The highest BCUT2D eigenvalue weighted by molar-refractivity contribution is 5.92. The minimum atomic E-state index is -0.355. The van der Waals surface area contributed by atoms with Gasteiger partial charge in [-0.1, -0.05) is 102 Å². The first-order chi connectivity index (χ1) is 19.9. The standard InChI is InChI=1S/C33H51NO4.C2H4O/c1-6-7-8-9-10-11-12-13-14-15-16-17-18-21-28-22-19-20-25(2)30(28)32-29(23-38-24-35)26(3)34-27(4)31(32)33(36)37-5;1-2-3/h19-20,22,24,32,34H,6-18,21,23H2,1-5H3;2H,1H3. The molecule has 0 radical (unpaired) electrons. The smallest absolute Gasteiger partial charge is 0.336 e. The Morgan fingerprint density at radius 2 is 1.39 bits per heavy atom. The van der Waals surface area contributed by atoms with Crippen LogP contribution in [0, 0.1) is 6.92 Å². The summed E-state index contributed by atoms with van der Waals surface area (Å²) in [5.41, 5.74) is 6.70. The summed E-state index contributed by atoms with van der Waals surface area (Å²) in [6.45, 7) is 10.3. The summed E-state index contributed by atoms with van der Waals surface area (Å²) < 4.78 is 10.4. The highest BCUT2D eigenvalue weighted by Gasteiger charge is 2.35. The fourth-order valence-electron chi connectivity index (χ4n) is 5.76. The second-order valence-corrected chi connectivity index (χ2v) is 11.0. The molecule has 0 aromatic heterocycles. The van der Waals surface area contributed by atoms with Crippen molar-refractivity contribution < 1.29 is 23.9 Å². The van der Waals surface area contributed by atoms with Crippen molar-refractivity contribution in [2.24, 2.45) is 0 Å². The topological polar surface area (TPSA) is 81.7 Å². The van der Waals surface area contributed by atoms with Gasteiger partial charge in [0.15, 0.2) is 0 Å². The molecule has 0 aliphatic carbocycles. The van der Waals surface area contributed by atoms with Crippen molar-refractivity contribution in [1.29, 1.82) is 0 Å². The third-order valence-electron chi connectivity index (χ3n) is 7.86. The van der Waals surface area contributed by atoms with Crippen molar-refractivity contribution in [2.45, 2.75) is 130 Å². The highest BCUT2D eigenvalue weighted by Crippen LogP contribution is 2.41. The van der Waals surface area contributed by atoms with Gasteiger partial charge in [-0.05, 0) is 62.8 Å². The van der Waals surface area contributed by atoms with E-state index in [9.17, 15) is 9.59 Å². The van der Waals surface area contributed by atoms with E-state index < -0.39 is 0 Å². The molecule has 41 heavy (non-hydrogen) atoms. The van der Waals surface area contributed by atoms with Crippen LogP contribution in [0.1, 0.15) is 134 Å². The predicted octanol–water partition coefficient (Wildman–Crippen LogP) is 8.41. The predicted molar refractivity (Wildman–Crippen MR) is 168 cm³/mol. The van der Waals surface area contributed by atoms with E-state index >= 15 is 0 Å². The number of ether oxygens (including phenoxy) is 2. The van der Waals surface area contributed by atoms with Gasteiger partial charge < -0.3 is 19.6 Å². The summed E-state index contributed by atoms with van der Waals surface area (Å²) in [7, 11) is 1.42. The van der Waals surface area contributed by atoms with E-state index in [1.807, 2.05) is 13.8 Å². The Hall–Kier alpha value is -2.89. The van der Waals surface area contributed by atoms with Crippen LogP contribution in [-0.2, 0) is 30.3 Å². The monoisotopic (exact) mass is 569 g/mol. The number of carbonyl (C=O) groups is 3. The quantitative estimate of drug-likeness (QED) is 0.102. The average Bonchev–Trinajstić information content (AvgIpc) is 2.95. The van der Waals surface area contributed by atoms with E-state index in [0.29, 0.717) is 12.0 Å². The van der Waals surface area contributed by atoms with Gasteiger partial charge in [0.2, 0.25) is 0 Å². The molecule has 1 aliphatic heterocycles. The number of benzene rings is 1. The van der Waals surface area contributed by atoms with Gasteiger partial charge in [-0.3, -0.25) is 4.79 Å². The molecule has 0 fully saturated rings. The molecular weight excluding hydrogens is 514 g/mol. The van der Waals surface area contributed by atoms with Gasteiger partial charge in [0.1, 0.15) is 12.9 Å². The van der Waals surface area contributed by atoms with Gasteiger partial charge in [0, 0.05) is 17.3 Å². The summed E-state index contributed by atoms with van der Waals surface area (Å²) in [6, 6.07) is 6.38. The SMILES string of the molecule is CC=O.CCCCCCCCCCCCCCCc1cccc(C)c1C1C(COC=O)=C(C)NC(C)=C1C(=O)OC. The molecule has 0 bridgehead atoms. The van der Waals surface area contributed by atoms with Gasteiger partial charge in [-0.2, -0.15) is 0 Å². The highest BCUT2D eigenvalue weighted by atomic mass is 16.5. The molecule has 6 nitrogen and oxygen atoms in total. The lowest BCUT2D eigenvalue weighted by atomic mass is 9.76. The van der Waals surface area contributed by atoms with Crippen molar-refractivity contribution in [3.05, 3.63) is 57.4 Å². The number of unbranched alkanes of at least 4 members (excludes halogenated alkanes) is 12. The van der Waals surface area contributed by atoms with Crippen LogP contribution in [-0.4, -0.2) is 32.4 Å². The average molecular weight is 570 g/mol. The van der Waals surface area contributed by atoms with Crippen molar-refractivity contribution in [2.75, 3.05) is 13.7 Å². The summed E-state index contributed by atoms with van der Waals surface area (Å²) in [5.74, 6) is -0.659. The zero-order valence-corrected chi connectivity index (χ0v) is 26.6. The minimum absolute atomic E-state index is 0.132. The Labute approximate surface area is 249 Å². The number of rotatable bonds is 19. The van der Waals surface area contributed by atoms with Crippen LogP contribution in [0.4, 0.5) is 0 Å². The van der Waals surface area contributed by atoms with Gasteiger partial charge in [0.05, 0.1) is 12.7 Å². The van der Waals surface area contributed by atoms with Gasteiger partial charge in [-0.15, -0.1) is 0 Å². The zero-order chi connectivity index (χ0) is 30.5. The zero-order valence-electron chi connectivity index (χ0n) is 26.6. The van der Waals surface area contributed by atoms with Crippen molar-refractivity contribution in [1.82, 2.24) is 5.32 Å². The number of esters is 1. The van der Waals surface area contributed by atoms with Crippen molar-refractivity contribution >= 4 is 18.7 Å². The third-order valence-corrected chi connectivity index (χ3v) is 7.86. The van der Waals surface area contributed by atoms with Crippen LogP contribution in [0.2, 0.25) is 0 Å². The molecule has 1 aromatic carbocycles. The Balaban J connectivity index is 0.00000268. The van der Waals surface area contributed by atoms with E-state index in [1.54, 1.807) is 0 Å². The molecule has 1 unspecified atom stereocenters. The summed E-state index contributed by atoms with van der Waals surface area (Å²) in [4.78, 5) is 32.8. The van der Waals surface area contributed by atoms with Gasteiger partial charge in [-0.25, -0.2) is 4.79 Å². The van der Waals surface area contributed by atoms with Crippen LogP contribution in [0.15, 0.2) is 40.7 Å². The first-order valence-corrected chi connectivity index (χ1v) is 15.7. The van der Waals surface area contributed by atoms with E-state index in [4.69, 9.17) is 14.3 Å². The molecule has 1 aromatic rings.